The number of carbonyl (C=O) groups is 2. The molecule has 4 fully saturated rings. The summed E-state index contributed by atoms with van der Waals surface area (Å²) in [5, 5.41) is 0. The third-order valence-corrected chi connectivity index (χ3v) is 8.33. The number of esters is 2. The highest BCUT2D eigenvalue weighted by molar-refractivity contribution is 5.84. The van der Waals surface area contributed by atoms with Crippen LogP contribution in [-0.2, 0) is 19.1 Å². The minimum atomic E-state index is -0.298. The van der Waals surface area contributed by atoms with Gasteiger partial charge in [-0.15, -0.1) is 0 Å². The summed E-state index contributed by atoms with van der Waals surface area (Å²) in [7, 11) is 0. The van der Waals surface area contributed by atoms with Crippen LogP contribution in [0.3, 0.4) is 0 Å². The van der Waals surface area contributed by atoms with Gasteiger partial charge in [0.1, 0.15) is 0 Å². The molecule has 0 radical (unpaired) electrons. The van der Waals surface area contributed by atoms with Gasteiger partial charge in [-0.1, -0.05) is 45.4 Å². The third kappa shape index (κ3) is 4.26. The zero-order valence-corrected chi connectivity index (χ0v) is 17.6. The smallest absolute Gasteiger partial charge is 0.310 e. The molecule has 0 spiro atoms. The van der Waals surface area contributed by atoms with Crippen molar-refractivity contribution in [2.75, 3.05) is 13.2 Å². The molecule has 4 heteroatoms. The van der Waals surface area contributed by atoms with E-state index in [1.807, 2.05) is 0 Å². The van der Waals surface area contributed by atoms with Gasteiger partial charge in [-0.3, -0.25) is 9.59 Å². The van der Waals surface area contributed by atoms with Crippen LogP contribution in [-0.4, -0.2) is 25.2 Å². The van der Waals surface area contributed by atoms with Crippen LogP contribution in [0, 0.1) is 35.0 Å². The van der Waals surface area contributed by atoms with Gasteiger partial charge in [0.2, 0.25) is 0 Å². The summed E-state index contributed by atoms with van der Waals surface area (Å²) in [5.41, 5.74) is -0.0805. The van der Waals surface area contributed by atoms with Crippen molar-refractivity contribution >= 4 is 11.9 Å². The molecule has 4 unspecified atom stereocenters. The number of fused-ring (bicyclic) bond motifs is 2. The van der Waals surface area contributed by atoms with Gasteiger partial charge in [0, 0.05) is 0 Å². The van der Waals surface area contributed by atoms with E-state index in [0.29, 0.717) is 31.0 Å². The van der Waals surface area contributed by atoms with E-state index in [2.05, 4.69) is 6.92 Å². The van der Waals surface area contributed by atoms with Gasteiger partial charge in [-0.2, -0.15) is 0 Å². The van der Waals surface area contributed by atoms with Crippen molar-refractivity contribution in [3.63, 3.8) is 0 Å². The summed E-state index contributed by atoms with van der Waals surface area (Å²) >= 11 is 0. The lowest BCUT2D eigenvalue weighted by Gasteiger charge is -2.34. The molecule has 4 nitrogen and oxygen atoms in total. The van der Waals surface area contributed by atoms with Crippen LogP contribution in [0.25, 0.3) is 0 Å². The molecule has 158 valence electrons. The zero-order chi connectivity index (χ0) is 19.6. The molecule has 0 amide bonds. The molecule has 0 saturated heterocycles. The molecule has 0 aromatic carbocycles. The van der Waals surface area contributed by atoms with Crippen molar-refractivity contribution in [3.8, 4) is 0 Å². The molecular weight excluding hydrogens is 352 g/mol. The van der Waals surface area contributed by atoms with E-state index in [4.69, 9.17) is 9.47 Å². The Hall–Kier alpha value is -1.06. The quantitative estimate of drug-likeness (QED) is 0.579. The fourth-order valence-corrected chi connectivity index (χ4v) is 6.67. The lowest BCUT2D eigenvalue weighted by atomic mass is 9.71. The number of carbonyl (C=O) groups excluding carboxylic acids is 2. The SMILES string of the molecule is CC12CCC(C1)C(C(=O)OCC1CCCCC1)C2C(=O)OCC1CCCCC1. The molecule has 0 aliphatic heterocycles. The highest BCUT2D eigenvalue weighted by atomic mass is 16.5. The monoisotopic (exact) mass is 390 g/mol. The molecule has 2 bridgehead atoms. The van der Waals surface area contributed by atoms with Crippen LogP contribution in [0.2, 0.25) is 0 Å². The molecule has 4 saturated carbocycles. The number of rotatable bonds is 6. The van der Waals surface area contributed by atoms with Crippen molar-refractivity contribution in [3.05, 3.63) is 0 Å². The summed E-state index contributed by atoms with van der Waals surface area (Å²) in [4.78, 5) is 26.1. The van der Waals surface area contributed by atoms with Crippen LogP contribution in [0.15, 0.2) is 0 Å². The Morgan fingerprint density at radius 1 is 0.786 bits per heavy atom. The van der Waals surface area contributed by atoms with Crippen LogP contribution in [0.1, 0.15) is 90.4 Å². The van der Waals surface area contributed by atoms with Crippen LogP contribution < -0.4 is 0 Å². The van der Waals surface area contributed by atoms with E-state index in [1.54, 1.807) is 0 Å². The average Bonchev–Trinajstić information content (AvgIpc) is 3.25. The van der Waals surface area contributed by atoms with Gasteiger partial charge in [0.25, 0.3) is 0 Å². The first-order valence-corrected chi connectivity index (χ1v) is 11.9. The molecule has 0 aromatic heterocycles. The molecule has 0 heterocycles. The van der Waals surface area contributed by atoms with Gasteiger partial charge in [-0.25, -0.2) is 0 Å². The maximum Gasteiger partial charge on any atom is 0.310 e. The van der Waals surface area contributed by atoms with Crippen LogP contribution in [0.4, 0.5) is 0 Å². The summed E-state index contributed by atoms with van der Waals surface area (Å²) in [5.74, 6) is 0.504. The first kappa shape index (κ1) is 20.2. The first-order chi connectivity index (χ1) is 13.6. The summed E-state index contributed by atoms with van der Waals surface area (Å²) < 4.78 is 11.6. The largest absolute Gasteiger partial charge is 0.465 e. The van der Waals surface area contributed by atoms with Gasteiger partial charge < -0.3 is 9.47 Å². The molecule has 28 heavy (non-hydrogen) atoms. The van der Waals surface area contributed by atoms with E-state index in [1.165, 1.54) is 64.2 Å². The van der Waals surface area contributed by atoms with E-state index >= 15 is 0 Å². The molecule has 4 aliphatic carbocycles. The van der Waals surface area contributed by atoms with Crippen molar-refractivity contribution < 1.29 is 19.1 Å². The second-order valence-electron chi connectivity index (χ2n) is 10.4. The molecule has 0 N–H and O–H groups in total. The Bertz CT molecular complexity index is 561. The van der Waals surface area contributed by atoms with E-state index in [0.717, 1.165) is 19.3 Å². The van der Waals surface area contributed by atoms with Crippen LogP contribution >= 0.6 is 0 Å². The summed E-state index contributed by atoms with van der Waals surface area (Å²) in [6.07, 6.45) is 15.4. The van der Waals surface area contributed by atoms with Gasteiger partial charge in [0.05, 0.1) is 25.0 Å². The Kier molecular flexibility index (Phi) is 6.32. The highest BCUT2D eigenvalue weighted by Gasteiger charge is 2.61. The minimum absolute atomic E-state index is 0.0805. The van der Waals surface area contributed by atoms with Crippen molar-refractivity contribution in [1.82, 2.24) is 0 Å². The van der Waals surface area contributed by atoms with E-state index in [9.17, 15) is 9.59 Å². The van der Waals surface area contributed by atoms with Crippen molar-refractivity contribution in [2.24, 2.45) is 35.0 Å². The van der Waals surface area contributed by atoms with Gasteiger partial charge >= 0.3 is 11.9 Å². The van der Waals surface area contributed by atoms with E-state index in [-0.39, 0.29) is 29.2 Å². The number of hydrogen-bond donors (Lipinski definition) is 0. The summed E-state index contributed by atoms with van der Waals surface area (Å²) in [6.45, 7) is 3.27. The third-order valence-electron chi connectivity index (χ3n) is 8.33. The Labute approximate surface area is 170 Å². The van der Waals surface area contributed by atoms with E-state index < -0.39 is 0 Å². The molecule has 0 aromatic rings. The predicted octanol–water partition coefficient (Wildman–Crippen LogP) is 5.29. The second-order valence-corrected chi connectivity index (χ2v) is 10.4. The van der Waals surface area contributed by atoms with Gasteiger partial charge in [0.15, 0.2) is 0 Å². The van der Waals surface area contributed by atoms with Gasteiger partial charge in [-0.05, 0) is 68.1 Å². The molecular formula is C24H38O4. The van der Waals surface area contributed by atoms with Crippen molar-refractivity contribution in [1.29, 1.82) is 0 Å². The molecule has 4 aliphatic rings. The molecule has 4 rings (SSSR count). The predicted molar refractivity (Wildman–Crippen MR) is 107 cm³/mol. The zero-order valence-electron chi connectivity index (χ0n) is 17.6. The Balaban J connectivity index is 1.35. The average molecular weight is 391 g/mol. The first-order valence-electron chi connectivity index (χ1n) is 11.9. The fourth-order valence-electron chi connectivity index (χ4n) is 6.67. The van der Waals surface area contributed by atoms with Crippen molar-refractivity contribution in [2.45, 2.75) is 90.4 Å². The lowest BCUT2D eigenvalue weighted by molar-refractivity contribution is -0.167. The lowest BCUT2D eigenvalue weighted by Crippen LogP contribution is -2.41. The summed E-state index contributed by atoms with van der Waals surface area (Å²) in [6, 6.07) is 0. The standard InChI is InChI=1S/C24H38O4/c1-24-13-12-19(14-24)20(22(25)27-15-17-8-4-2-5-9-17)21(24)23(26)28-16-18-10-6-3-7-11-18/h17-21H,2-16H2,1H3. The number of ether oxygens (including phenoxy) is 2. The topological polar surface area (TPSA) is 52.6 Å². The highest BCUT2D eigenvalue weighted by Crippen LogP contribution is 2.61. The maximum absolute atomic E-state index is 13.1. The molecule has 4 atom stereocenters. The Morgan fingerprint density at radius 3 is 1.89 bits per heavy atom. The normalized spacial score (nSPS) is 36.4. The fraction of sp³-hybridized carbons (Fsp3) is 0.917. The van der Waals surface area contributed by atoms with Crippen LogP contribution in [0.5, 0.6) is 0 Å². The maximum atomic E-state index is 13.1. The minimum Gasteiger partial charge on any atom is -0.465 e. The Morgan fingerprint density at radius 2 is 1.32 bits per heavy atom. The second kappa shape index (κ2) is 8.75. The number of hydrogen-bond acceptors (Lipinski definition) is 4.